The van der Waals surface area contributed by atoms with Gasteiger partial charge in [0.05, 0.1) is 0 Å². The number of rotatable bonds is 0. The van der Waals surface area contributed by atoms with Crippen molar-refractivity contribution in [1.29, 1.82) is 0 Å². The van der Waals surface area contributed by atoms with Crippen LogP contribution in [-0.4, -0.2) is 23.0 Å². The Labute approximate surface area is 79.7 Å². The first-order valence-electron chi connectivity index (χ1n) is 4.20. The summed E-state index contributed by atoms with van der Waals surface area (Å²) in [7, 11) is 0. The summed E-state index contributed by atoms with van der Waals surface area (Å²) in [5, 5.41) is 0. The molecule has 1 heterocycles. The summed E-state index contributed by atoms with van der Waals surface area (Å²) in [4.78, 5) is 12.7. The Morgan fingerprint density at radius 2 is 1.75 bits per heavy atom. The standard InChI is InChI=1S/C8H16N2O.ClH/c1-6-4-3-5-7(2)10(6)8(9)11;/h6-7H,3-5H2,1-2H3,(H2,9,11);1H. The van der Waals surface area contributed by atoms with Gasteiger partial charge in [0.1, 0.15) is 0 Å². The molecule has 0 saturated carbocycles. The molecule has 1 saturated heterocycles. The number of urea groups is 1. The fraction of sp³-hybridized carbons (Fsp3) is 0.875. The molecule has 0 aromatic carbocycles. The summed E-state index contributed by atoms with van der Waals surface area (Å²) in [6.07, 6.45) is 3.40. The molecule has 2 N–H and O–H groups in total. The molecule has 1 rings (SSSR count). The van der Waals surface area contributed by atoms with Crippen molar-refractivity contribution < 1.29 is 4.79 Å². The van der Waals surface area contributed by atoms with Gasteiger partial charge in [-0.2, -0.15) is 0 Å². The molecule has 1 aliphatic heterocycles. The fourth-order valence-corrected chi connectivity index (χ4v) is 1.86. The Morgan fingerprint density at radius 3 is 2.00 bits per heavy atom. The van der Waals surface area contributed by atoms with E-state index in [1.807, 2.05) is 0 Å². The van der Waals surface area contributed by atoms with Crippen LogP contribution in [0.3, 0.4) is 0 Å². The van der Waals surface area contributed by atoms with E-state index in [-0.39, 0.29) is 18.4 Å². The number of primary amides is 1. The van der Waals surface area contributed by atoms with Gasteiger partial charge in [-0.15, -0.1) is 12.4 Å². The van der Waals surface area contributed by atoms with Crippen molar-refractivity contribution in [1.82, 2.24) is 4.90 Å². The molecule has 72 valence electrons. The lowest BCUT2D eigenvalue weighted by molar-refractivity contribution is 0.130. The van der Waals surface area contributed by atoms with Crippen LogP contribution in [0.5, 0.6) is 0 Å². The molecule has 4 heteroatoms. The minimum absolute atomic E-state index is 0. The van der Waals surface area contributed by atoms with Crippen molar-refractivity contribution in [2.75, 3.05) is 0 Å². The van der Waals surface area contributed by atoms with Crippen molar-refractivity contribution >= 4 is 18.4 Å². The number of piperidine rings is 1. The average molecular weight is 193 g/mol. The third-order valence-corrected chi connectivity index (χ3v) is 2.45. The quantitative estimate of drug-likeness (QED) is 0.625. The van der Waals surface area contributed by atoms with E-state index in [1.54, 1.807) is 4.90 Å². The van der Waals surface area contributed by atoms with E-state index in [1.165, 1.54) is 6.42 Å². The third-order valence-electron chi connectivity index (χ3n) is 2.45. The zero-order valence-corrected chi connectivity index (χ0v) is 8.43. The lowest BCUT2D eigenvalue weighted by Gasteiger charge is -2.37. The predicted molar refractivity (Wildman–Crippen MR) is 51.4 cm³/mol. The van der Waals surface area contributed by atoms with Gasteiger partial charge in [-0.1, -0.05) is 0 Å². The second kappa shape index (κ2) is 4.55. The van der Waals surface area contributed by atoms with Crippen LogP contribution >= 0.6 is 12.4 Å². The molecule has 2 atom stereocenters. The zero-order valence-electron chi connectivity index (χ0n) is 7.62. The van der Waals surface area contributed by atoms with Crippen molar-refractivity contribution in [3.8, 4) is 0 Å². The largest absolute Gasteiger partial charge is 0.351 e. The van der Waals surface area contributed by atoms with Crippen LogP contribution in [0, 0.1) is 0 Å². The number of carbonyl (C=O) groups is 1. The van der Waals surface area contributed by atoms with Crippen molar-refractivity contribution in [3.63, 3.8) is 0 Å². The molecular formula is C8H17ClN2O. The predicted octanol–water partition coefficient (Wildman–Crippen LogP) is 1.75. The summed E-state index contributed by atoms with van der Waals surface area (Å²) < 4.78 is 0. The highest BCUT2D eigenvalue weighted by Gasteiger charge is 2.26. The topological polar surface area (TPSA) is 46.3 Å². The van der Waals surface area contributed by atoms with E-state index >= 15 is 0 Å². The van der Waals surface area contributed by atoms with Gasteiger partial charge < -0.3 is 10.6 Å². The van der Waals surface area contributed by atoms with E-state index < -0.39 is 0 Å². The molecule has 1 fully saturated rings. The number of nitrogens with zero attached hydrogens (tertiary/aromatic N) is 1. The van der Waals surface area contributed by atoms with Gasteiger partial charge in [-0.3, -0.25) is 0 Å². The maximum Gasteiger partial charge on any atom is 0.315 e. The Hall–Kier alpha value is -0.440. The molecule has 3 nitrogen and oxygen atoms in total. The Bertz CT molecular complexity index is 153. The van der Waals surface area contributed by atoms with E-state index in [4.69, 9.17) is 5.73 Å². The lowest BCUT2D eigenvalue weighted by Crippen LogP contribution is -2.49. The first kappa shape index (κ1) is 11.6. The molecule has 1 aliphatic rings. The normalized spacial score (nSPS) is 29.3. The van der Waals surface area contributed by atoms with E-state index in [0.29, 0.717) is 12.1 Å². The second-order valence-electron chi connectivity index (χ2n) is 3.37. The maximum atomic E-state index is 10.9. The number of hydrogen-bond donors (Lipinski definition) is 1. The van der Waals surface area contributed by atoms with Gasteiger partial charge in [0.2, 0.25) is 0 Å². The van der Waals surface area contributed by atoms with Crippen LogP contribution in [0.25, 0.3) is 0 Å². The van der Waals surface area contributed by atoms with Gasteiger partial charge in [-0.05, 0) is 33.1 Å². The minimum Gasteiger partial charge on any atom is -0.351 e. The molecule has 0 aromatic heterocycles. The van der Waals surface area contributed by atoms with Crippen LogP contribution in [-0.2, 0) is 0 Å². The molecule has 2 amide bonds. The molecular weight excluding hydrogens is 176 g/mol. The lowest BCUT2D eigenvalue weighted by atomic mass is 9.98. The van der Waals surface area contributed by atoms with Crippen molar-refractivity contribution in [3.05, 3.63) is 0 Å². The van der Waals surface area contributed by atoms with Crippen molar-refractivity contribution in [2.24, 2.45) is 5.73 Å². The van der Waals surface area contributed by atoms with Crippen LogP contribution < -0.4 is 5.73 Å². The number of halogens is 1. The van der Waals surface area contributed by atoms with Gasteiger partial charge >= 0.3 is 6.03 Å². The van der Waals surface area contributed by atoms with Gasteiger partial charge in [0.25, 0.3) is 0 Å². The maximum absolute atomic E-state index is 10.9. The highest BCUT2D eigenvalue weighted by atomic mass is 35.5. The molecule has 12 heavy (non-hydrogen) atoms. The summed E-state index contributed by atoms with van der Waals surface area (Å²) in [5.41, 5.74) is 5.24. The number of carbonyl (C=O) groups excluding carboxylic acids is 1. The molecule has 2 unspecified atom stereocenters. The van der Waals surface area contributed by atoms with Gasteiger partial charge in [-0.25, -0.2) is 4.79 Å². The number of nitrogens with two attached hydrogens (primary N) is 1. The van der Waals surface area contributed by atoms with Crippen molar-refractivity contribution in [2.45, 2.75) is 45.2 Å². The zero-order chi connectivity index (χ0) is 8.43. The van der Waals surface area contributed by atoms with Crippen LogP contribution in [0.15, 0.2) is 0 Å². The molecule has 0 aliphatic carbocycles. The number of likely N-dealkylation sites (tertiary alicyclic amines) is 1. The van der Waals surface area contributed by atoms with Crippen LogP contribution in [0.2, 0.25) is 0 Å². The summed E-state index contributed by atoms with van der Waals surface area (Å²) in [5.74, 6) is 0. The Balaban J connectivity index is 0.00000121. The minimum atomic E-state index is -0.273. The highest BCUT2D eigenvalue weighted by molar-refractivity contribution is 5.85. The molecule has 0 bridgehead atoms. The van der Waals surface area contributed by atoms with E-state index in [9.17, 15) is 4.79 Å². The van der Waals surface area contributed by atoms with Crippen LogP contribution in [0.1, 0.15) is 33.1 Å². The fourth-order valence-electron chi connectivity index (χ4n) is 1.86. The number of amides is 2. The Kier molecular flexibility index (Phi) is 4.39. The van der Waals surface area contributed by atoms with Crippen LogP contribution in [0.4, 0.5) is 4.79 Å². The first-order chi connectivity index (χ1) is 5.13. The average Bonchev–Trinajstić information content (AvgIpc) is 1.85. The van der Waals surface area contributed by atoms with E-state index in [0.717, 1.165) is 12.8 Å². The molecule has 0 spiro atoms. The highest BCUT2D eigenvalue weighted by Crippen LogP contribution is 2.21. The van der Waals surface area contributed by atoms with Gasteiger partial charge in [0, 0.05) is 12.1 Å². The molecule has 0 radical (unpaired) electrons. The van der Waals surface area contributed by atoms with Gasteiger partial charge in [0.15, 0.2) is 0 Å². The number of hydrogen-bond acceptors (Lipinski definition) is 1. The first-order valence-corrected chi connectivity index (χ1v) is 4.20. The second-order valence-corrected chi connectivity index (χ2v) is 3.37. The smallest absolute Gasteiger partial charge is 0.315 e. The summed E-state index contributed by atoms with van der Waals surface area (Å²) >= 11 is 0. The summed E-state index contributed by atoms with van der Waals surface area (Å²) in [6.45, 7) is 4.11. The SMILES string of the molecule is CC1CCCC(C)N1C(N)=O.Cl. The Morgan fingerprint density at radius 1 is 1.33 bits per heavy atom. The third kappa shape index (κ3) is 2.27. The molecule has 0 aromatic rings. The summed E-state index contributed by atoms with van der Waals surface area (Å²) in [6, 6.07) is 0.386. The monoisotopic (exact) mass is 192 g/mol. The van der Waals surface area contributed by atoms with E-state index in [2.05, 4.69) is 13.8 Å².